The van der Waals surface area contributed by atoms with Gasteiger partial charge in [0.15, 0.2) is 0 Å². The first-order valence-electron chi connectivity index (χ1n) is 5.97. The minimum Gasteiger partial charge on any atom is -0.376 e. The van der Waals surface area contributed by atoms with Gasteiger partial charge in [-0.25, -0.2) is 4.79 Å². The van der Waals surface area contributed by atoms with Crippen LogP contribution < -0.4 is 10.6 Å². The lowest BCUT2D eigenvalue weighted by Gasteiger charge is -2.26. The number of urea groups is 1. The maximum atomic E-state index is 11.7. The first-order valence-corrected chi connectivity index (χ1v) is 7.12. The second-order valence-corrected chi connectivity index (χ2v) is 5.47. The number of carbonyl (C=O) groups is 1. The molecule has 0 aliphatic carbocycles. The average Bonchev–Trinajstić information content (AvgIpc) is 2.87. The van der Waals surface area contributed by atoms with Crippen LogP contribution in [0.15, 0.2) is 30.3 Å². The van der Waals surface area contributed by atoms with E-state index in [2.05, 4.69) is 10.6 Å². The summed E-state index contributed by atoms with van der Waals surface area (Å²) in [5.74, 6) is 2.03. The zero-order chi connectivity index (χ0) is 12.8. The fraction of sp³-hybridized carbons (Fsp3) is 0.462. The Kier molecular flexibility index (Phi) is 4.49. The van der Waals surface area contributed by atoms with Crippen molar-refractivity contribution in [3.63, 3.8) is 0 Å². The molecule has 1 saturated heterocycles. The predicted octanol–water partition coefficient (Wildman–Crippen LogP) is 2.33. The van der Waals surface area contributed by atoms with Gasteiger partial charge < -0.3 is 15.4 Å². The standard InChI is InChI=1S/C13H18N2O2S/c1-17-13(7-8-18-10-13)9-14-12(16)15-11-5-3-2-4-6-11/h2-6H,7-10H2,1H3,(H2,14,15,16). The van der Waals surface area contributed by atoms with E-state index in [1.54, 1.807) is 7.11 Å². The summed E-state index contributed by atoms with van der Waals surface area (Å²) >= 11 is 1.86. The quantitative estimate of drug-likeness (QED) is 0.879. The number of nitrogens with one attached hydrogen (secondary N) is 2. The zero-order valence-corrected chi connectivity index (χ0v) is 11.3. The van der Waals surface area contributed by atoms with Crippen molar-refractivity contribution in [2.24, 2.45) is 0 Å². The summed E-state index contributed by atoms with van der Waals surface area (Å²) in [6.45, 7) is 0.551. The summed E-state index contributed by atoms with van der Waals surface area (Å²) in [5, 5.41) is 5.67. The van der Waals surface area contributed by atoms with Gasteiger partial charge in [0.1, 0.15) is 0 Å². The normalized spacial score (nSPS) is 22.7. The lowest BCUT2D eigenvalue weighted by molar-refractivity contribution is 0.0161. The third kappa shape index (κ3) is 3.40. The number of thioether (sulfide) groups is 1. The van der Waals surface area contributed by atoms with Crippen LogP contribution in [0.4, 0.5) is 10.5 Å². The highest BCUT2D eigenvalue weighted by Crippen LogP contribution is 2.30. The van der Waals surface area contributed by atoms with Crippen molar-refractivity contribution in [3.8, 4) is 0 Å². The van der Waals surface area contributed by atoms with E-state index in [0.29, 0.717) is 6.54 Å². The molecular formula is C13H18N2O2S. The molecule has 2 rings (SSSR count). The molecule has 1 aromatic carbocycles. The number of anilines is 1. The Labute approximate surface area is 111 Å². The van der Waals surface area contributed by atoms with Crippen LogP contribution >= 0.6 is 11.8 Å². The van der Waals surface area contributed by atoms with Gasteiger partial charge >= 0.3 is 6.03 Å². The summed E-state index contributed by atoms with van der Waals surface area (Å²) in [5.41, 5.74) is 0.598. The molecule has 1 atom stereocenters. The van der Waals surface area contributed by atoms with Crippen molar-refractivity contribution in [2.75, 3.05) is 30.5 Å². The second-order valence-electron chi connectivity index (χ2n) is 4.36. The van der Waals surface area contributed by atoms with Crippen LogP contribution in [0.5, 0.6) is 0 Å². The van der Waals surface area contributed by atoms with E-state index < -0.39 is 0 Å². The number of hydrogen-bond acceptors (Lipinski definition) is 3. The van der Waals surface area contributed by atoms with Gasteiger partial charge in [-0.05, 0) is 24.3 Å². The third-order valence-corrected chi connectivity index (χ3v) is 4.33. The first-order chi connectivity index (χ1) is 8.74. The fourth-order valence-electron chi connectivity index (χ4n) is 1.90. The number of amides is 2. The highest BCUT2D eigenvalue weighted by molar-refractivity contribution is 7.99. The summed E-state index contributed by atoms with van der Waals surface area (Å²) in [6.07, 6.45) is 0.986. The molecule has 0 bridgehead atoms. The number of benzene rings is 1. The average molecular weight is 266 g/mol. The molecule has 0 radical (unpaired) electrons. The first kappa shape index (κ1) is 13.2. The van der Waals surface area contributed by atoms with E-state index in [1.807, 2.05) is 42.1 Å². The van der Waals surface area contributed by atoms with Crippen LogP contribution in [0.25, 0.3) is 0 Å². The number of hydrogen-bond donors (Lipinski definition) is 2. The van der Waals surface area contributed by atoms with E-state index >= 15 is 0 Å². The molecule has 2 N–H and O–H groups in total. The summed E-state index contributed by atoms with van der Waals surface area (Å²) in [7, 11) is 1.71. The lowest BCUT2D eigenvalue weighted by Crippen LogP contribution is -2.45. The van der Waals surface area contributed by atoms with E-state index in [4.69, 9.17) is 4.74 Å². The Morgan fingerprint density at radius 1 is 1.44 bits per heavy atom. The van der Waals surface area contributed by atoms with Crippen LogP contribution in [-0.4, -0.2) is 36.8 Å². The predicted molar refractivity (Wildman–Crippen MR) is 75.1 cm³/mol. The highest BCUT2D eigenvalue weighted by atomic mass is 32.2. The SMILES string of the molecule is COC1(CNC(=O)Nc2ccccc2)CCSC1. The van der Waals surface area contributed by atoms with Crippen molar-refractivity contribution in [3.05, 3.63) is 30.3 Å². The molecule has 2 amide bonds. The topological polar surface area (TPSA) is 50.4 Å². The molecule has 4 nitrogen and oxygen atoms in total. The lowest BCUT2D eigenvalue weighted by atomic mass is 10.0. The molecule has 5 heteroatoms. The Balaban J connectivity index is 1.81. The van der Waals surface area contributed by atoms with Crippen LogP contribution in [0.3, 0.4) is 0 Å². The smallest absolute Gasteiger partial charge is 0.319 e. The molecule has 98 valence electrons. The van der Waals surface area contributed by atoms with Gasteiger partial charge in [0.05, 0.1) is 5.60 Å². The molecule has 0 saturated carbocycles. The third-order valence-electron chi connectivity index (χ3n) is 3.10. The fourth-order valence-corrected chi connectivity index (χ4v) is 3.30. The number of ether oxygens (including phenoxy) is 1. The van der Waals surface area contributed by atoms with Crippen molar-refractivity contribution < 1.29 is 9.53 Å². The van der Waals surface area contributed by atoms with Crippen molar-refractivity contribution in [2.45, 2.75) is 12.0 Å². The van der Waals surface area contributed by atoms with Gasteiger partial charge in [-0.2, -0.15) is 11.8 Å². The Morgan fingerprint density at radius 3 is 2.83 bits per heavy atom. The number of para-hydroxylation sites is 1. The molecule has 1 aromatic rings. The van der Waals surface area contributed by atoms with E-state index in [1.165, 1.54) is 0 Å². The molecule has 1 aliphatic rings. The van der Waals surface area contributed by atoms with Crippen LogP contribution in [0.2, 0.25) is 0 Å². The van der Waals surface area contributed by atoms with Gasteiger partial charge in [-0.1, -0.05) is 18.2 Å². The molecule has 18 heavy (non-hydrogen) atoms. The summed E-state index contributed by atoms with van der Waals surface area (Å²) < 4.78 is 5.54. The minimum atomic E-state index is -0.196. The Hall–Kier alpha value is -1.20. The van der Waals surface area contributed by atoms with Crippen molar-refractivity contribution in [1.29, 1.82) is 0 Å². The highest BCUT2D eigenvalue weighted by Gasteiger charge is 2.34. The molecule has 0 aromatic heterocycles. The molecule has 1 fully saturated rings. The number of rotatable bonds is 4. The monoisotopic (exact) mass is 266 g/mol. The largest absolute Gasteiger partial charge is 0.376 e. The molecule has 1 heterocycles. The van der Waals surface area contributed by atoms with Crippen molar-refractivity contribution >= 4 is 23.5 Å². The van der Waals surface area contributed by atoms with Gasteiger partial charge in [0.25, 0.3) is 0 Å². The van der Waals surface area contributed by atoms with Crippen LogP contribution in [0, 0.1) is 0 Å². The van der Waals surface area contributed by atoms with Gasteiger partial charge in [-0.15, -0.1) is 0 Å². The number of carbonyl (C=O) groups excluding carboxylic acids is 1. The van der Waals surface area contributed by atoms with E-state index in [9.17, 15) is 4.79 Å². The molecule has 1 aliphatic heterocycles. The van der Waals surface area contributed by atoms with Gasteiger partial charge in [0, 0.05) is 25.1 Å². The summed E-state index contributed by atoms with van der Waals surface area (Å²) in [4.78, 5) is 11.7. The molecule has 1 unspecified atom stereocenters. The van der Waals surface area contributed by atoms with E-state index in [0.717, 1.165) is 23.6 Å². The van der Waals surface area contributed by atoms with Crippen LogP contribution in [0.1, 0.15) is 6.42 Å². The zero-order valence-electron chi connectivity index (χ0n) is 10.4. The maximum Gasteiger partial charge on any atom is 0.319 e. The minimum absolute atomic E-state index is 0.186. The number of methoxy groups -OCH3 is 1. The Bertz CT molecular complexity index is 391. The van der Waals surface area contributed by atoms with Crippen LogP contribution in [-0.2, 0) is 4.74 Å². The summed E-state index contributed by atoms with van der Waals surface area (Å²) in [6, 6.07) is 9.22. The molecular weight excluding hydrogens is 248 g/mol. The Morgan fingerprint density at radius 2 is 2.22 bits per heavy atom. The van der Waals surface area contributed by atoms with Gasteiger partial charge in [-0.3, -0.25) is 0 Å². The van der Waals surface area contributed by atoms with Crippen molar-refractivity contribution in [1.82, 2.24) is 5.32 Å². The maximum absolute atomic E-state index is 11.7. The second kappa shape index (κ2) is 6.11. The van der Waals surface area contributed by atoms with E-state index in [-0.39, 0.29) is 11.6 Å². The van der Waals surface area contributed by atoms with Gasteiger partial charge in [0.2, 0.25) is 0 Å². The molecule has 0 spiro atoms.